The molecule has 0 saturated carbocycles. The van der Waals surface area contributed by atoms with Crippen LogP contribution in [0, 0.1) is 6.92 Å². The molecule has 1 aromatic carbocycles. The van der Waals surface area contributed by atoms with Crippen molar-refractivity contribution in [3.8, 4) is 5.75 Å². The first kappa shape index (κ1) is 10.1. The van der Waals surface area contributed by atoms with Gasteiger partial charge in [-0.25, -0.2) is 0 Å². The third kappa shape index (κ3) is 2.25. The monoisotopic (exact) mass is 196 g/mol. The molecule has 0 N–H and O–H groups in total. The van der Waals surface area contributed by atoms with Crippen molar-refractivity contribution in [2.24, 2.45) is 0 Å². The summed E-state index contributed by atoms with van der Waals surface area (Å²) >= 11 is 1.19. The van der Waals surface area contributed by atoms with Gasteiger partial charge in [0, 0.05) is 0 Å². The number of aryl methyl sites for hydroxylation is 1. The van der Waals surface area contributed by atoms with Gasteiger partial charge in [0.15, 0.2) is 0 Å². The highest BCUT2D eigenvalue weighted by molar-refractivity contribution is 8.13. The highest BCUT2D eigenvalue weighted by Crippen LogP contribution is 2.23. The lowest BCUT2D eigenvalue weighted by molar-refractivity contribution is 0.108. The highest BCUT2D eigenvalue weighted by Gasteiger charge is 2.10. The molecule has 3 heteroatoms. The average molecular weight is 196 g/mol. The van der Waals surface area contributed by atoms with Crippen LogP contribution in [0.5, 0.6) is 5.75 Å². The Balaban J connectivity index is 3.13. The van der Waals surface area contributed by atoms with Gasteiger partial charge in [-0.15, -0.1) is 0 Å². The maximum absolute atomic E-state index is 11.4. The summed E-state index contributed by atoms with van der Waals surface area (Å²) in [6, 6.07) is 5.57. The van der Waals surface area contributed by atoms with E-state index in [-0.39, 0.29) is 5.12 Å². The largest absolute Gasteiger partial charge is 0.496 e. The number of benzene rings is 1. The highest BCUT2D eigenvalue weighted by atomic mass is 32.2. The summed E-state index contributed by atoms with van der Waals surface area (Å²) in [6.07, 6.45) is 1.77. The minimum absolute atomic E-state index is 0.0388. The zero-order valence-electron chi connectivity index (χ0n) is 7.96. The van der Waals surface area contributed by atoms with Crippen molar-refractivity contribution in [1.82, 2.24) is 0 Å². The molecule has 13 heavy (non-hydrogen) atoms. The summed E-state index contributed by atoms with van der Waals surface area (Å²) in [4.78, 5) is 11.4. The van der Waals surface area contributed by atoms with E-state index in [1.54, 1.807) is 19.4 Å². The third-order valence-corrected chi connectivity index (χ3v) is 2.35. The molecule has 2 nitrogen and oxygen atoms in total. The molecular formula is C10H12O2S. The Morgan fingerprint density at radius 3 is 2.69 bits per heavy atom. The van der Waals surface area contributed by atoms with Crippen molar-refractivity contribution in [1.29, 1.82) is 0 Å². The molecule has 0 aliphatic rings. The summed E-state index contributed by atoms with van der Waals surface area (Å²) in [5.41, 5.74) is 1.73. The summed E-state index contributed by atoms with van der Waals surface area (Å²) in [6.45, 7) is 1.97. The van der Waals surface area contributed by atoms with Crippen LogP contribution in [0.1, 0.15) is 15.9 Å². The number of carbonyl (C=O) groups excluding carboxylic acids is 1. The van der Waals surface area contributed by atoms with E-state index in [4.69, 9.17) is 4.74 Å². The molecule has 0 fully saturated rings. The van der Waals surface area contributed by atoms with Crippen LogP contribution in [0.3, 0.4) is 0 Å². The van der Waals surface area contributed by atoms with Gasteiger partial charge in [0.2, 0.25) is 5.12 Å². The van der Waals surface area contributed by atoms with Crippen LogP contribution in [0.2, 0.25) is 0 Å². The number of methoxy groups -OCH3 is 1. The second kappa shape index (κ2) is 4.33. The van der Waals surface area contributed by atoms with E-state index in [0.29, 0.717) is 11.3 Å². The van der Waals surface area contributed by atoms with Crippen molar-refractivity contribution in [3.05, 3.63) is 29.3 Å². The smallest absolute Gasteiger partial charge is 0.222 e. The Bertz CT molecular complexity index is 321. The van der Waals surface area contributed by atoms with E-state index in [9.17, 15) is 4.79 Å². The SMILES string of the molecule is COc1cc(C)ccc1C(=O)SC. The Kier molecular flexibility index (Phi) is 3.37. The molecule has 0 heterocycles. The molecule has 0 aromatic heterocycles. The van der Waals surface area contributed by atoms with Gasteiger partial charge in [-0.1, -0.05) is 17.8 Å². The van der Waals surface area contributed by atoms with E-state index in [1.165, 1.54) is 11.8 Å². The Hall–Kier alpha value is -0.960. The Labute approximate surface area is 82.3 Å². The van der Waals surface area contributed by atoms with Crippen LogP contribution >= 0.6 is 11.8 Å². The maximum atomic E-state index is 11.4. The molecule has 1 rings (SSSR count). The van der Waals surface area contributed by atoms with Crippen molar-refractivity contribution < 1.29 is 9.53 Å². The fourth-order valence-electron chi connectivity index (χ4n) is 1.08. The predicted molar refractivity (Wildman–Crippen MR) is 55.6 cm³/mol. The summed E-state index contributed by atoms with van der Waals surface area (Å²) < 4.78 is 5.11. The lowest BCUT2D eigenvalue weighted by atomic mass is 10.1. The van der Waals surface area contributed by atoms with Crippen molar-refractivity contribution >= 4 is 16.9 Å². The van der Waals surface area contributed by atoms with E-state index in [1.807, 2.05) is 19.1 Å². The number of ether oxygens (including phenoxy) is 1. The second-order valence-corrected chi connectivity index (χ2v) is 3.47. The summed E-state index contributed by atoms with van der Waals surface area (Å²) in [7, 11) is 1.58. The van der Waals surface area contributed by atoms with Crippen LogP contribution < -0.4 is 4.74 Å². The summed E-state index contributed by atoms with van der Waals surface area (Å²) in [5, 5.41) is 0.0388. The molecule has 0 radical (unpaired) electrons. The molecule has 0 unspecified atom stereocenters. The van der Waals surface area contributed by atoms with Crippen LogP contribution in [0.15, 0.2) is 18.2 Å². The lowest BCUT2D eigenvalue weighted by Gasteiger charge is -2.06. The Morgan fingerprint density at radius 1 is 1.46 bits per heavy atom. The van der Waals surface area contributed by atoms with Crippen molar-refractivity contribution in [3.63, 3.8) is 0 Å². The first-order valence-electron chi connectivity index (χ1n) is 3.92. The molecule has 0 aliphatic carbocycles. The second-order valence-electron chi connectivity index (χ2n) is 2.70. The number of carbonyl (C=O) groups is 1. The molecule has 0 bridgehead atoms. The molecule has 0 atom stereocenters. The van der Waals surface area contributed by atoms with E-state index in [2.05, 4.69) is 0 Å². The van der Waals surface area contributed by atoms with Gasteiger partial charge in [0.25, 0.3) is 0 Å². The molecular weight excluding hydrogens is 184 g/mol. The zero-order valence-corrected chi connectivity index (χ0v) is 8.77. The third-order valence-electron chi connectivity index (χ3n) is 1.76. The minimum Gasteiger partial charge on any atom is -0.496 e. The molecule has 0 aliphatic heterocycles. The molecule has 1 aromatic rings. The van der Waals surface area contributed by atoms with Crippen LogP contribution in [0.4, 0.5) is 0 Å². The minimum atomic E-state index is 0.0388. The quantitative estimate of drug-likeness (QED) is 0.727. The number of thioether (sulfide) groups is 1. The molecule has 70 valence electrons. The standard InChI is InChI=1S/C10H12O2S/c1-7-4-5-8(10(11)13-3)9(6-7)12-2/h4-6H,1-3H3. The molecule has 0 spiro atoms. The lowest BCUT2D eigenvalue weighted by Crippen LogP contribution is -1.97. The van der Waals surface area contributed by atoms with Gasteiger partial charge in [0.05, 0.1) is 12.7 Å². The van der Waals surface area contributed by atoms with Gasteiger partial charge < -0.3 is 4.74 Å². The first-order chi connectivity index (χ1) is 6.19. The van der Waals surface area contributed by atoms with Crippen molar-refractivity contribution in [2.75, 3.05) is 13.4 Å². The average Bonchev–Trinajstić information content (AvgIpc) is 2.16. The zero-order chi connectivity index (χ0) is 9.84. The van der Waals surface area contributed by atoms with Gasteiger partial charge in [0.1, 0.15) is 5.75 Å². The fourth-order valence-corrected chi connectivity index (χ4v) is 1.47. The first-order valence-corrected chi connectivity index (χ1v) is 5.14. The molecule has 0 saturated heterocycles. The van der Waals surface area contributed by atoms with Crippen LogP contribution in [0.25, 0.3) is 0 Å². The van der Waals surface area contributed by atoms with E-state index >= 15 is 0 Å². The molecule has 0 amide bonds. The van der Waals surface area contributed by atoms with Crippen LogP contribution in [-0.2, 0) is 0 Å². The van der Waals surface area contributed by atoms with E-state index < -0.39 is 0 Å². The van der Waals surface area contributed by atoms with Gasteiger partial charge in [-0.2, -0.15) is 0 Å². The van der Waals surface area contributed by atoms with Gasteiger partial charge >= 0.3 is 0 Å². The Morgan fingerprint density at radius 2 is 2.15 bits per heavy atom. The number of rotatable bonds is 2. The number of hydrogen-bond acceptors (Lipinski definition) is 3. The normalized spacial score (nSPS) is 9.77. The van der Waals surface area contributed by atoms with Gasteiger partial charge in [-0.3, -0.25) is 4.79 Å². The maximum Gasteiger partial charge on any atom is 0.222 e. The van der Waals surface area contributed by atoms with Crippen LogP contribution in [-0.4, -0.2) is 18.5 Å². The topological polar surface area (TPSA) is 26.3 Å². The predicted octanol–water partition coefficient (Wildman–Crippen LogP) is 2.51. The van der Waals surface area contributed by atoms with E-state index in [0.717, 1.165) is 5.56 Å². The summed E-state index contributed by atoms with van der Waals surface area (Å²) in [5.74, 6) is 0.652. The van der Waals surface area contributed by atoms with Crippen molar-refractivity contribution in [2.45, 2.75) is 6.92 Å². The fraction of sp³-hybridized carbons (Fsp3) is 0.300. The van der Waals surface area contributed by atoms with Gasteiger partial charge in [-0.05, 0) is 30.9 Å². The number of hydrogen-bond donors (Lipinski definition) is 0.